The standard InChI is InChI=1S/C42H83O8P/c1-4-5-6-7-8-9-10-11-12-13-14-17-20-23-26-29-32-35-41(43)48-37-40(38-49-51(45,46)47)50-42(44)36-33-30-27-24-21-18-15-16-19-22-25-28-31-34-39(2)3/h39-40H,4-38H2,1-3H3,(H2,45,46,47)/t40-/m1/s1. The second-order valence-corrected chi connectivity index (χ2v) is 16.8. The van der Waals surface area contributed by atoms with Crippen molar-refractivity contribution < 1.29 is 37.9 Å². The molecule has 0 unspecified atom stereocenters. The number of carbonyl (C=O) groups is 2. The lowest BCUT2D eigenvalue weighted by molar-refractivity contribution is -0.161. The Morgan fingerprint density at radius 1 is 0.490 bits per heavy atom. The third kappa shape index (κ3) is 41.7. The molecule has 0 radical (unpaired) electrons. The quantitative estimate of drug-likeness (QED) is 0.0361. The molecule has 1 atom stereocenters. The molecule has 0 aliphatic carbocycles. The van der Waals surface area contributed by atoms with Crippen LogP contribution in [0, 0.1) is 5.92 Å². The molecule has 0 fully saturated rings. The normalized spacial score (nSPS) is 12.4. The molecule has 0 aliphatic rings. The summed E-state index contributed by atoms with van der Waals surface area (Å²) in [5.41, 5.74) is 0. The average molecular weight is 747 g/mol. The molecule has 0 rings (SSSR count). The lowest BCUT2D eigenvalue weighted by Gasteiger charge is -2.18. The Morgan fingerprint density at radius 3 is 1.18 bits per heavy atom. The summed E-state index contributed by atoms with van der Waals surface area (Å²) in [4.78, 5) is 42.9. The number of esters is 2. The second-order valence-electron chi connectivity index (χ2n) is 15.5. The number of hydrogen-bond acceptors (Lipinski definition) is 6. The predicted octanol–water partition coefficient (Wildman–Crippen LogP) is 13.1. The summed E-state index contributed by atoms with van der Waals surface area (Å²) in [5, 5.41) is 0. The molecule has 0 heterocycles. The van der Waals surface area contributed by atoms with Crippen molar-refractivity contribution in [2.45, 2.75) is 239 Å². The van der Waals surface area contributed by atoms with Crippen molar-refractivity contribution >= 4 is 19.8 Å². The van der Waals surface area contributed by atoms with Crippen molar-refractivity contribution in [1.82, 2.24) is 0 Å². The van der Waals surface area contributed by atoms with Crippen LogP contribution in [-0.4, -0.2) is 41.0 Å². The summed E-state index contributed by atoms with van der Waals surface area (Å²) in [6, 6.07) is 0. The smallest absolute Gasteiger partial charge is 0.462 e. The highest BCUT2D eigenvalue weighted by atomic mass is 31.2. The van der Waals surface area contributed by atoms with Crippen LogP contribution in [0.5, 0.6) is 0 Å². The van der Waals surface area contributed by atoms with Crippen molar-refractivity contribution in [1.29, 1.82) is 0 Å². The lowest BCUT2D eigenvalue weighted by Crippen LogP contribution is -2.29. The third-order valence-electron chi connectivity index (χ3n) is 9.80. The Morgan fingerprint density at radius 2 is 0.824 bits per heavy atom. The van der Waals surface area contributed by atoms with E-state index in [-0.39, 0.29) is 19.4 Å². The second kappa shape index (κ2) is 37.4. The van der Waals surface area contributed by atoms with Gasteiger partial charge in [0.2, 0.25) is 0 Å². The largest absolute Gasteiger partial charge is 0.469 e. The molecule has 0 saturated carbocycles. The topological polar surface area (TPSA) is 119 Å². The lowest BCUT2D eigenvalue weighted by atomic mass is 10.0. The van der Waals surface area contributed by atoms with Crippen molar-refractivity contribution in [3.63, 3.8) is 0 Å². The van der Waals surface area contributed by atoms with Gasteiger partial charge in [-0.3, -0.25) is 14.1 Å². The van der Waals surface area contributed by atoms with Crippen LogP contribution in [0.1, 0.15) is 233 Å². The van der Waals surface area contributed by atoms with Crippen molar-refractivity contribution in [3.05, 3.63) is 0 Å². The summed E-state index contributed by atoms with van der Waals surface area (Å²) in [6.45, 7) is 6.06. The molecule has 304 valence electrons. The first-order valence-electron chi connectivity index (χ1n) is 21.7. The van der Waals surface area contributed by atoms with E-state index in [0.29, 0.717) is 6.42 Å². The molecule has 0 bridgehead atoms. The Labute approximate surface area is 315 Å². The molecule has 0 aromatic rings. The van der Waals surface area contributed by atoms with E-state index in [4.69, 9.17) is 19.3 Å². The number of rotatable bonds is 40. The maximum atomic E-state index is 12.4. The number of unbranched alkanes of at least 4 members (excludes halogenated alkanes) is 28. The average Bonchev–Trinajstić information content (AvgIpc) is 3.08. The molecular formula is C42H83O8P. The highest BCUT2D eigenvalue weighted by molar-refractivity contribution is 7.46. The van der Waals surface area contributed by atoms with Gasteiger partial charge in [0.05, 0.1) is 6.61 Å². The molecule has 0 aromatic heterocycles. The zero-order valence-corrected chi connectivity index (χ0v) is 34.6. The highest BCUT2D eigenvalue weighted by Gasteiger charge is 2.23. The van der Waals surface area contributed by atoms with E-state index in [9.17, 15) is 14.2 Å². The maximum absolute atomic E-state index is 12.4. The molecule has 0 aliphatic heterocycles. The van der Waals surface area contributed by atoms with E-state index in [1.807, 2.05) is 0 Å². The number of carbonyl (C=O) groups excluding carboxylic acids is 2. The number of hydrogen-bond donors (Lipinski definition) is 2. The zero-order chi connectivity index (χ0) is 37.7. The highest BCUT2D eigenvalue weighted by Crippen LogP contribution is 2.36. The van der Waals surface area contributed by atoms with Crippen molar-refractivity contribution in [2.75, 3.05) is 13.2 Å². The Bertz CT molecular complexity index is 815. The first-order chi connectivity index (χ1) is 24.6. The van der Waals surface area contributed by atoms with Gasteiger partial charge < -0.3 is 19.3 Å². The summed E-state index contributed by atoms with van der Waals surface area (Å²) in [5.74, 6) is -0.0433. The SMILES string of the molecule is CCCCCCCCCCCCCCCCCCCC(=O)OC[C@H](COP(=O)(O)O)OC(=O)CCCCCCCCCCCCCCCC(C)C. The van der Waals surface area contributed by atoms with Crippen LogP contribution in [0.4, 0.5) is 0 Å². The number of phosphoric acid groups is 1. The van der Waals surface area contributed by atoms with Gasteiger partial charge in [0.25, 0.3) is 0 Å². The van der Waals surface area contributed by atoms with Crippen LogP contribution < -0.4 is 0 Å². The van der Waals surface area contributed by atoms with E-state index in [2.05, 4.69) is 25.3 Å². The fraction of sp³-hybridized carbons (Fsp3) is 0.952. The molecule has 8 nitrogen and oxygen atoms in total. The van der Waals surface area contributed by atoms with Gasteiger partial charge >= 0.3 is 19.8 Å². The van der Waals surface area contributed by atoms with Gasteiger partial charge in [0.15, 0.2) is 6.10 Å². The molecule has 0 saturated heterocycles. The molecule has 0 amide bonds. The summed E-state index contributed by atoms with van der Waals surface area (Å²) in [6.07, 6.45) is 38.3. The van der Waals surface area contributed by atoms with Crippen LogP contribution in [0.3, 0.4) is 0 Å². The monoisotopic (exact) mass is 747 g/mol. The molecule has 0 spiro atoms. The van der Waals surface area contributed by atoms with Crippen LogP contribution in [0.15, 0.2) is 0 Å². The van der Waals surface area contributed by atoms with Crippen LogP contribution in [0.25, 0.3) is 0 Å². The first kappa shape index (κ1) is 50.1. The first-order valence-corrected chi connectivity index (χ1v) is 23.2. The van der Waals surface area contributed by atoms with E-state index in [1.54, 1.807) is 0 Å². The van der Waals surface area contributed by atoms with E-state index >= 15 is 0 Å². The van der Waals surface area contributed by atoms with Gasteiger partial charge in [-0.05, 0) is 18.8 Å². The van der Waals surface area contributed by atoms with E-state index in [1.165, 1.54) is 161 Å². The fourth-order valence-electron chi connectivity index (χ4n) is 6.56. The minimum Gasteiger partial charge on any atom is -0.462 e. The summed E-state index contributed by atoms with van der Waals surface area (Å²) in [7, 11) is -4.75. The predicted molar refractivity (Wildman–Crippen MR) is 212 cm³/mol. The Hall–Kier alpha value is -0.950. The summed E-state index contributed by atoms with van der Waals surface area (Å²) >= 11 is 0. The third-order valence-corrected chi connectivity index (χ3v) is 10.3. The van der Waals surface area contributed by atoms with Crippen LogP contribution in [-0.2, 0) is 28.2 Å². The van der Waals surface area contributed by atoms with E-state index in [0.717, 1.165) is 38.0 Å². The summed E-state index contributed by atoms with van der Waals surface area (Å²) < 4.78 is 26.4. The van der Waals surface area contributed by atoms with Gasteiger partial charge in [0, 0.05) is 12.8 Å². The molecular weight excluding hydrogens is 663 g/mol. The fourth-order valence-corrected chi connectivity index (χ4v) is 6.92. The molecule has 9 heteroatoms. The van der Waals surface area contributed by atoms with E-state index < -0.39 is 32.5 Å². The zero-order valence-electron chi connectivity index (χ0n) is 33.7. The molecule has 51 heavy (non-hydrogen) atoms. The molecule has 2 N–H and O–H groups in total. The minimum absolute atomic E-state index is 0.219. The number of phosphoric ester groups is 1. The van der Waals surface area contributed by atoms with Crippen LogP contribution in [0.2, 0.25) is 0 Å². The van der Waals surface area contributed by atoms with Gasteiger partial charge in [-0.25, -0.2) is 4.57 Å². The Balaban J connectivity index is 3.85. The van der Waals surface area contributed by atoms with Gasteiger partial charge in [0.1, 0.15) is 6.61 Å². The maximum Gasteiger partial charge on any atom is 0.469 e. The Kier molecular flexibility index (Phi) is 36.7. The number of ether oxygens (including phenoxy) is 2. The van der Waals surface area contributed by atoms with Crippen molar-refractivity contribution in [2.24, 2.45) is 5.92 Å². The van der Waals surface area contributed by atoms with Gasteiger partial charge in [-0.2, -0.15) is 0 Å². The van der Waals surface area contributed by atoms with Crippen molar-refractivity contribution in [3.8, 4) is 0 Å². The van der Waals surface area contributed by atoms with Gasteiger partial charge in [-0.15, -0.1) is 0 Å². The van der Waals surface area contributed by atoms with Gasteiger partial charge in [-0.1, -0.05) is 207 Å². The molecule has 0 aromatic carbocycles. The van der Waals surface area contributed by atoms with Crippen LogP contribution >= 0.6 is 7.82 Å². The minimum atomic E-state index is -4.75.